The van der Waals surface area contributed by atoms with Gasteiger partial charge in [-0.05, 0) is 24.0 Å². The van der Waals surface area contributed by atoms with Gasteiger partial charge < -0.3 is 21.1 Å². The molecular formula is C17H27N3O3. The predicted molar refractivity (Wildman–Crippen MR) is 91.2 cm³/mol. The Hall–Kier alpha value is -2.08. The van der Waals surface area contributed by atoms with Gasteiger partial charge in [-0.25, -0.2) is 0 Å². The van der Waals surface area contributed by atoms with Crippen molar-refractivity contribution in [3.63, 3.8) is 0 Å². The molecule has 1 aromatic carbocycles. The lowest BCUT2D eigenvalue weighted by atomic mass is 10.1. The fraction of sp³-hybridized carbons (Fsp3) is 0.529. The maximum absolute atomic E-state index is 12.0. The molecule has 6 nitrogen and oxygen atoms in total. The normalized spacial score (nSPS) is 12.1. The second-order valence-corrected chi connectivity index (χ2v) is 6.24. The Labute approximate surface area is 137 Å². The maximum Gasteiger partial charge on any atom is 0.243 e. The van der Waals surface area contributed by atoms with Gasteiger partial charge in [-0.2, -0.15) is 0 Å². The van der Waals surface area contributed by atoms with Crippen LogP contribution >= 0.6 is 0 Å². The molecular weight excluding hydrogens is 294 g/mol. The van der Waals surface area contributed by atoms with Crippen LogP contribution < -0.4 is 21.1 Å². The Balaban J connectivity index is 2.56. The predicted octanol–water partition coefficient (Wildman–Crippen LogP) is 1.76. The molecule has 0 fully saturated rings. The first-order valence-corrected chi connectivity index (χ1v) is 7.86. The van der Waals surface area contributed by atoms with Crippen LogP contribution in [0.2, 0.25) is 0 Å². The first kappa shape index (κ1) is 19.0. The standard InChI is InChI=1S/C17H27N3O3/c1-11(2)10-23-14-8-6-5-7-13(14)20-15(21)9-19-17(22)16(18)12(3)4/h5-8,11-12,16H,9-10,18H2,1-4H3,(H,19,22)(H,20,21)/t16-/m0/s1. The second kappa shape index (κ2) is 9.15. The monoisotopic (exact) mass is 321 g/mol. The van der Waals surface area contributed by atoms with E-state index in [1.54, 1.807) is 12.1 Å². The van der Waals surface area contributed by atoms with Crippen molar-refractivity contribution in [3.05, 3.63) is 24.3 Å². The fourth-order valence-electron chi connectivity index (χ4n) is 1.73. The minimum Gasteiger partial charge on any atom is -0.491 e. The van der Waals surface area contributed by atoms with E-state index in [-0.39, 0.29) is 24.3 Å². The smallest absolute Gasteiger partial charge is 0.243 e. The lowest BCUT2D eigenvalue weighted by molar-refractivity contribution is -0.125. The van der Waals surface area contributed by atoms with Crippen LogP contribution in [0, 0.1) is 11.8 Å². The van der Waals surface area contributed by atoms with E-state index in [4.69, 9.17) is 10.5 Å². The number of anilines is 1. The summed E-state index contributed by atoms with van der Waals surface area (Å²) in [6, 6.07) is 6.59. The van der Waals surface area contributed by atoms with Crippen LogP contribution in [0.1, 0.15) is 27.7 Å². The molecule has 0 aliphatic carbocycles. The van der Waals surface area contributed by atoms with Gasteiger partial charge in [0.15, 0.2) is 0 Å². The second-order valence-electron chi connectivity index (χ2n) is 6.24. The summed E-state index contributed by atoms with van der Waals surface area (Å²) < 4.78 is 5.67. The summed E-state index contributed by atoms with van der Waals surface area (Å²) in [6.07, 6.45) is 0. The quantitative estimate of drug-likeness (QED) is 0.680. The van der Waals surface area contributed by atoms with Crippen molar-refractivity contribution < 1.29 is 14.3 Å². The molecule has 0 bridgehead atoms. The van der Waals surface area contributed by atoms with Gasteiger partial charge in [0.05, 0.1) is 24.9 Å². The van der Waals surface area contributed by atoms with E-state index < -0.39 is 6.04 Å². The van der Waals surface area contributed by atoms with Gasteiger partial charge in [-0.3, -0.25) is 9.59 Å². The summed E-state index contributed by atoms with van der Waals surface area (Å²) >= 11 is 0. The summed E-state index contributed by atoms with van der Waals surface area (Å²) in [7, 11) is 0. The number of rotatable bonds is 8. The van der Waals surface area contributed by atoms with Crippen LogP contribution in [0.15, 0.2) is 24.3 Å². The lowest BCUT2D eigenvalue weighted by Crippen LogP contribution is -2.46. The average Bonchev–Trinajstić information content (AvgIpc) is 2.50. The van der Waals surface area contributed by atoms with Crippen LogP contribution in [-0.2, 0) is 9.59 Å². The Morgan fingerprint density at radius 3 is 2.43 bits per heavy atom. The Morgan fingerprint density at radius 1 is 1.17 bits per heavy atom. The summed E-state index contributed by atoms with van der Waals surface area (Å²) in [5.41, 5.74) is 6.31. The van der Waals surface area contributed by atoms with Gasteiger partial charge in [0.1, 0.15) is 5.75 Å². The van der Waals surface area contributed by atoms with E-state index >= 15 is 0 Å². The van der Waals surface area contributed by atoms with E-state index in [9.17, 15) is 9.59 Å². The highest BCUT2D eigenvalue weighted by Crippen LogP contribution is 2.24. The van der Waals surface area contributed by atoms with Gasteiger partial charge in [0.2, 0.25) is 11.8 Å². The molecule has 1 atom stereocenters. The fourth-order valence-corrected chi connectivity index (χ4v) is 1.73. The van der Waals surface area contributed by atoms with E-state index in [0.29, 0.717) is 24.0 Å². The first-order chi connectivity index (χ1) is 10.8. The number of hydrogen-bond acceptors (Lipinski definition) is 4. The van der Waals surface area contributed by atoms with Crippen molar-refractivity contribution in [2.75, 3.05) is 18.5 Å². The molecule has 23 heavy (non-hydrogen) atoms. The highest BCUT2D eigenvalue weighted by atomic mass is 16.5. The molecule has 0 unspecified atom stereocenters. The average molecular weight is 321 g/mol. The SMILES string of the molecule is CC(C)COc1ccccc1NC(=O)CNC(=O)[C@@H](N)C(C)C. The van der Waals surface area contributed by atoms with Crippen molar-refractivity contribution in [1.82, 2.24) is 5.32 Å². The number of carbonyl (C=O) groups excluding carboxylic acids is 2. The van der Waals surface area contributed by atoms with E-state index in [0.717, 1.165) is 0 Å². The Kier molecular flexibility index (Phi) is 7.54. The third kappa shape index (κ3) is 6.69. The van der Waals surface area contributed by atoms with Crippen LogP contribution in [0.5, 0.6) is 5.75 Å². The van der Waals surface area contributed by atoms with E-state index in [1.807, 2.05) is 26.0 Å². The van der Waals surface area contributed by atoms with Crippen molar-refractivity contribution >= 4 is 17.5 Å². The number of para-hydroxylation sites is 2. The van der Waals surface area contributed by atoms with Crippen LogP contribution in [0.4, 0.5) is 5.69 Å². The summed E-state index contributed by atoms with van der Waals surface area (Å²) in [4.78, 5) is 23.7. The zero-order valence-electron chi connectivity index (χ0n) is 14.3. The number of nitrogens with one attached hydrogen (secondary N) is 2. The molecule has 1 aromatic rings. The van der Waals surface area contributed by atoms with E-state index in [1.165, 1.54) is 0 Å². The third-order valence-corrected chi connectivity index (χ3v) is 3.18. The molecule has 0 radical (unpaired) electrons. The molecule has 0 aliphatic heterocycles. The van der Waals surface area contributed by atoms with Gasteiger partial charge in [-0.1, -0.05) is 39.8 Å². The van der Waals surface area contributed by atoms with Gasteiger partial charge in [0, 0.05) is 0 Å². The minimum absolute atomic E-state index is 0.0169. The summed E-state index contributed by atoms with van der Waals surface area (Å²) in [5.74, 6) is 0.355. The summed E-state index contributed by atoms with van der Waals surface area (Å²) in [5, 5.41) is 5.27. The number of hydrogen-bond donors (Lipinski definition) is 3. The Bertz CT molecular complexity index is 530. The molecule has 2 amide bonds. The van der Waals surface area contributed by atoms with Crippen molar-refractivity contribution in [1.29, 1.82) is 0 Å². The number of ether oxygens (including phenoxy) is 1. The molecule has 128 valence electrons. The number of carbonyl (C=O) groups is 2. The highest BCUT2D eigenvalue weighted by molar-refractivity contribution is 5.96. The lowest BCUT2D eigenvalue weighted by Gasteiger charge is -2.16. The molecule has 1 rings (SSSR count). The number of amides is 2. The zero-order valence-corrected chi connectivity index (χ0v) is 14.3. The van der Waals surface area contributed by atoms with E-state index in [2.05, 4.69) is 24.5 Å². The maximum atomic E-state index is 12.0. The van der Waals surface area contributed by atoms with Crippen molar-refractivity contribution in [2.45, 2.75) is 33.7 Å². The minimum atomic E-state index is -0.621. The van der Waals surface area contributed by atoms with Crippen LogP contribution in [0.3, 0.4) is 0 Å². The first-order valence-electron chi connectivity index (χ1n) is 7.86. The highest BCUT2D eigenvalue weighted by Gasteiger charge is 2.18. The molecule has 0 saturated carbocycles. The van der Waals surface area contributed by atoms with Crippen molar-refractivity contribution in [3.8, 4) is 5.75 Å². The zero-order chi connectivity index (χ0) is 17.4. The molecule has 0 saturated heterocycles. The molecule has 0 aliphatic rings. The third-order valence-electron chi connectivity index (χ3n) is 3.18. The molecule has 0 spiro atoms. The largest absolute Gasteiger partial charge is 0.491 e. The van der Waals surface area contributed by atoms with Gasteiger partial charge >= 0.3 is 0 Å². The van der Waals surface area contributed by atoms with Gasteiger partial charge in [0.25, 0.3) is 0 Å². The van der Waals surface area contributed by atoms with Gasteiger partial charge in [-0.15, -0.1) is 0 Å². The van der Waals surface area contributed by atoms with Crippen LogP contribution in [-0.4, -0.2) is 31.0 Å². The van der Waals surface area contributed by atoms with Crippen molar-refractivity contribution in [2.24, 2.45) is 17.6 Å². The topological polar surface area (TPSA) is 93.5 Å². The molecule has 6 heteroatoms. The number of benzene rings is 1. The summed E-state index contributed by atoms with van der Waals surface area (Å²) in [6.45, 7) is 8.24. The molecule has 4 N–H and O–H groups in total. The number of nitrogens with two attached hydrogens (primary N) is 1. The molecule has 0 heterocycles. The van der Waals surface area contributed by atoms with Crippen LogP contribution in [0.25, 0.3) is 0 Å². The molecule has 0 aromatic heterocycles. The Morgan fingerprint density at radius 2 is 1.83 bits per heavy atom.